The number of rotatable bonds is 22. The predicted molar refractivity (Wildman–Crippen MR) is 218 cm³/mol. The Bertz CT molecular complexity index is 1030. The van der Waals surface area contributed by atoms with E-state index >= 15 is 0 Å². The first-order chi connectivity index (χ1) is 25.1. The largest absolute Gasteiger partial charge is 0.465 e. The number of benzene rings is 1. The minimum Gasteiger partial charge on any atom is -0.465 e. The molecule has 2 nitrogen and oxygen atoms in total. The Hall–Kier alpha value is -1.31. The van der Waals surface area contributed by atoms with Gasteiger partial charge in [-0.2, -0.15) is 0 Å². The van der Waals surface area contributed by atoms with Crippen molar-refractivity contribution in [2.24, 2.45) is 34.5 Å². The number of carbonyl (C=O) groups is 1. The van der Waals surface area contributed by atoms with Crippen LogP contribution in [0, 0.1) is 34.5 Å². The maximum atomic E-state index is 11.4. The summed E-state index contributed by atoms with van der Waals surface area (Å²) in [5, 5.41) is 0. The van der Waals surface area contributed by atoms with Crippen LogP contribution in [-0.4, -0.2) is 12.6 Å². The average molecular weight is 703 g/mol. The summed E-state index contributed by atoms with van der Waals surface area (Å²) in [4.78, 5) is 11.4. The third kappa shape index (κ3) is 11.8. The van der Waals surface area contributed by atoms with E-state index in [4.69, 9.17) is 4.74 Å². The molecule has 1 aromatic carbocycles. The van der Waals surface area contributed by atoms with Gasteiger partial charge < -0.3 is 4.74 Å². The maximum Gasteiger partial charge on any atom is 0.293 e. The van der Waals surface area contributed by atoms with Crippen molar-refractivity contribution in [1.82, 2.24) is 0 Å². The minimum atomic E-state index is 0.139. The van der Waals surface area contributed by atoms with Crippen LogP contribution >= 0.6 is 0 Å². The zero-order chi connectivity index (χ0) is 35.6. The second kappa shape index (κ2) is 22.2. The molecule has 4 fully saturated rings. The van der Waals surface area contributed by atoms with Crippen LogP contribution in [0.3, 0.4) is 0 Å². The standard InChI is InChI=1S/C49H82O2/c1-3-5-7-9-11-15-21-41-25-29-44(30-26-41)48(37-33-46(34-38-48)51-40-50)39-47(43-23-17-13-18-24-43)49(35-19-14-20-36-49)45-31-27-42(28-32-45)22-16-12-10-8-6-4-2/h13,17-18,23-24,40-42,44-47H,3-12,14-16,19-22,25-39H2,1-2H3/t41-,42-,44-,45-,46?,47?,48?. The average Bonchev–Trinajstić information content (AvgIpc) is 3.18. The monoisotopic (exact) mass is 703 g/mol. The van der Waals surface area contributed by atoms with Gasteiger partial charge in [0.15, 0.2) is 0 Å². The van der Waals surface area contributed by atoms with Crippen LogP contribution in [-0.2, 0) is 9.53 Å². The lowest BCUT2D eigenvalue weighted by Crippen LogP contribution is -2.46. The Balaban J connectivity index is 1.31. The lowest BCUT2D eigenvalue weighted by molar-refractivity contribution is -0.137. The van der Waals surface area contributed by atoms with Crippen molar-refractivity contribution >= 4 is 6.47 Å². The van der Waals surface area contributed by atoms with E-state index in [1.807, 2.05) is 0 Å². The third-order valence-electron chi connectivity index (χ3n) is 15.8. The molecule has 0 aromatic heterocycles. The molecule has 5 rings (SSSR count). The van der Waals surface area contributed by atoms with E-state index in [9.17, 15) is 4.79 Å². The Kier molecular flexibility index (Phi) is 17.8. The van der Waals surface area contributed by atoms with Crippen LogP contribution in [0.2, 0.25) is 0 Å². The Morgan fingerprint density at radius 3 is 1.65 bits per heavy atom. The van der Waals surface area contributed by atoms with Crippen LogP contribution in [0.1, 0.15) is 231 Å². The molecule has 0 spiro atoms. The Morgan fingerprint density at radius 2 is 1.12 bits per heavy atom. The normalized spacial score (nSPS) is 30.4. The fraction of sp³-hybridized carbons (Fsp3) is 0.857. The highest BCUT2D eigenvalue weighted by molar-refractivity contribution is 5.37. The van der Waals surface area contributed by atoms with Gasteiger partial charge in [0.2, 0.25) is 0 Å². The summed E-state index contributed by atoms with van der Waals surface area (Å²) >= 11 is 0. The summed E-state index contributed by atoms with van der Waals surface area (Å²) in [5.74, 6) is 4.34. The van der Waals surface area contributed by atoms with E-state index in [0.717, 1.165) is 43.0 Å². The van der Waals surface area contributed by atoms with Crippen LogP contribution < -0.4 is 0 Å². The number of ether oxygens (including phenoxy) is 1. The zero-order valence-corrected chi connectivity index (χ0v) is 33.9. The molecular formula is C49H82O2. The van der Waals surface area contributed by atoms with Gasteiger partial charge in [0.1, 0.15) is 6.10 Å². The molecule has 4 aliphatic carbocycles. The highest BCUT2D eigenvalue weighted by Gasteiger charge is 2.52. The van der Waals surface area contributed by atoms with E-state index < -0.39 is 0 Å². The summed E-state index contributed by atoms with van der Waals surface area (Å²) in [6, 6.07) is 12.0. The molecule has 1 aromatic rings. The molecule has 0 saturated heterocycles. The minimum absolute atomic E-state index is 0.139. The SMILES string of the molecule is CCCCCCCC[C@H]1CC[C@H](C2(CC(c3ccccc3)C3([C@H]4CC[C@H](CCCCCCCC)CC4)CCCCC3)CCC(OC=O)CC2)CC1. The topological polar surface area (TPSA) is 26.3 Å². The maximum absolute atomic E-state index is 11.4. The molecule has 0 N–H and O–H groups in total. The lowest BCUT2D eigenvalue weighted by Gasteiger charge is -2.56. The molecule has 0 heterocycles. The van der Waals surface area contributed by atoms with Gasteiger partial charge in [0.05, 0.1) is 0 Å². The molecule has 0 bridgehead atoms. The molecule has 4 saturated carbocycles. The number of carbonyl (C=O) groups excluding carboxylic acids is 1. The van der Waals surface area contributed by atoms with Gasteiger partial charge in [-0.05, 0) is 117 Å². The number of hydrogen-bond donors (Lipinski definition) is 0. The second-order valence-electron chi connectivity index (χ2n) is 18.8. The van der Waals surface area contributed by atoms with Crippen LogP contribution in [0.4, 0.5) is 0 Å². The van der Waals surface area contributed by atoms with Gasteiger partial charge in [-0.1, -0.05) is 179 Å². The molecule has 0 amide bonds. The fourth-order valence-corrected chi connectivity index (χ4v) is 12.7. The lowest BCUT2D eigenvalue weighted by atomic mass is 9.49. The molecule has 1 atom stereocenters. The summed E-state index contributed by atoms with van der Waals surface area (Å²) in [5.41, 5.74) is 2.52. The van der Waals surface area contributed by atoms with Crippen molar-refractivity contribution in [3.63, 3.8) is 0 Å². The van der Waals surface area contributed by atoms with Gasteiger partial charge in [-0.25, -0.2) is 0 Å². The van der Waals surface area contributed by atoms with Crippen molar-refractivity contribution in [2.45, 2.75) is 231 Å². The molecule has 4 aliphatic rings. The highest BCUT2D eigenvalue weighted by atomic mass is 16.5. The number of unbranched alkanes of at least 4 members (excludes halogenated alkanes) is 10. The Morgan fingerprint density at radius 1 is 0.608 bits per heavy atom. The van der Waals surface area contributed by atoms with Gasteiger partial charge >= 0.3 is 0 Å². The van der Waals surface area contributed by atoms with Crippen molar-refractivity contribution < 1.29 is 9.53 Å². The quantitative estimate of drug-likeness (QED) is 0.0888. The fourth-order valence-electron chi connectivity index (χ4n) is 12.7. The van der Waals surface area contributed by atoms with E-state index in [2.05, 4.69) is 44.2 Å². The predicted octanol–water partition coefficient (Wildman–Crippen LogP) is 15.3. The second-order valence-corrected chi connectivity index (χ2v) is 18.8. The van der Waals surface area contributed by atoms with Gasteiger partial charge in [0, 0.05) is 0 Å². The molecule has 290 valence electrons. The van der Waals surface area contributed by atoms with Gasteiger partial charge in [-0.3, -0.25) is 4.79 Å². The van der Waals surface area contributed by atoms with Crippen molar-refractivity contribution in [3.05, 3.63) is 35.9 Å². The summed E-state index contributed by atoms with van der Waals surface area (Å²) in [6.07, 6.45) is 45.3. The molecule has 0 aliphatic heterocycles. The van der Waals surface area contributed by atoms with Crippen LogP contribution in [0.15, 0.2) is 30.3 Å². The number of hydrogen-bond acceptors (Lipinski definition) is 2. The van der Waals surface area contributed by atoms with E-state index in [-0.39, 0.29) is 6.10 Å². The van der Waals surface area contributed by atoms with Crippen molar-refractivity contribution in [1.29, 1.82) is 0 Å². The van der Waals surface area contributed by atoms with Crippen LogP contribution in [0.5, 0.6) is 0 Å². The van der Waals surface area contributed by atoms with Crippen LogP contribution in [0.25, 0.3) is 0 Å². The van der Waals surface area contributed by atoms with Crippen molar-refractivity contribution in [2.75, 3.05) is 0 Å². The summed E-state index contributed by atoms with van der Waals surface area (Å²) in [6.45, 7) is 5.39. The Labute approximate surface area is 316 Å². The van der Waals surface area contributed by atoms with E-state index in [1.165, 1.54) is 193 Å². The first-order valence-corrected chi connectivity index (χ1v) is 23.3. The zero-order valence-electron chi connectivity index (χ0n) is 33.9. The van der Waals surface area contributed by atoms with E-state index in [0.29, 0.717) is 16.7 Å². The van der Waals surface area contributed by atoms with E-state index in [1.54, 1.807) is 5.56 Å². The summed E-state index contributed by atoms with van der Waals surface area (Å²) in [7, 11) is 0. The highest BCUT2D eigenvalue weighted by Crippen LogP contribution is 2.63. The van der Waals surface area contributed by atoms with Crippen molar-refractivity contribution in [3.8, 4) is 0 Å². The summed E-state index contributed by atoms with van der Waals surface area (Å²) < 4.78 is 5.66. The first-order valence-electron chi connectivity index (χ1n) is 23.3. The first kappa shape index (κ1) is 40.9. The molecular weight excluding hydrogens is 621 g/mol. The van der Waals surface area contributed by atoms with Gasteiger partial charge in [0.25, 0.3) is 6.47 Å². The molecule has 2 heteroatoms. The third-order valence-corrected chi connectivity index (χ3v) is 15.8. The van der Waals surface area contributed by atoms with Gasteiger partial charge in [-0.15, -0.1) is 0 Å². The smallest absolute Gasteiger partial charge is 0.293 e. The molecule has 0 radical (unpaired) electrons. The molecule has 1 unspecified atom stereocenters. The molecule has 51 heavy (non-hydrogen) atoms.